The molecule has 0 radical (unpaired) electrons. The number of hydrogen-bond acceptors (Lipinski definition) is 5. The average molecular weight is 436 g/mol. The highest BCUT2D eigenvalue weighted by molar-refractivity contribution is 5.95. The van der Waals surface area contributed by atoms with E-state index in [1.807, 2.05) is 24.3 Å². The summed E-state index contributed by atoms with van der Waals surface area (Å²) in [5.74, 6) is -0.660. The van der Waals surface area contributed by atoms with Gasteiger partial charge in [0.25, 0.3) is 5.91 Å². The number of aromatic nitrogens is 1. The minimum absolute atomic E-state index is 0.0246. The summed E-state index contributed by atoms with van der Waals surface area (Å²) < 4.78 is 18.7. The number of ether oxygens (including phenoxy) is 1. The van der Waals surface area contributed by atoms with E-state index in [2.05, 4.69) is 20.9 Å². The third-order valence-corrected chi connectivity index (χ3v) is 5.12. The molecule has 0 unspecified atom stereocenters. The predicted molar refractivity (Wildman–Crippen MR) is 117 cm³/mol. The molecule has 4 N–H and O–H groups in total. The van der Waals surface area contributed by atoms with Crippen LogP contribution in [0.25, 0.3) is 0 Å². The highest BCUT2D eigenvalue weighted by Crippen LogP contribution is 2.29. The minimum Gasteiger partial charge on any atom is -0.494 e. The number of rotatable bonds is 6. The van der Waals surface area contributed by atoms with Crippen LogP contribution in [0.2, 0.25) is 0 Å². The number of hydrogen-bond donors (Lipinski definition) is 4. The molecule has 2 amide bonds. The number of pyridine rings is 1. The fraction of sp³-hybridized carbons (Fsp3) is 0.174. The minimum atomic E-state index is -1.31. The molecule has 0 atom stereocenters. The Morgan fingerprint density at radius 1 is 1.09 bits per heavy atom. The SMILES string of the molecule is COc1cc(F)ccc1Nc1cc(NC(=O)O)nc(C(=O)NC2Cc3ccccc3C2)c1. The van der Waals surface area contributed by atoms with E-state index in [1.54, 1.807) is 0 Å². The Bertz CT molecular complexity index is 1160. The smallest absolute Gasteiger partial charge is 0.410 e. The molecular weight excluding hydrogens is 415 g/mol. The van der Waals surface area contributed by atoms with Crippen molar-refractivity contribution in [2.24, 2.45) is 0 Å². The second kappa shape index (κ2) is 8.93. The van der Waals surface area contributed by atoms with Crippen LogP contribution in [0.4, 0.5) is 26.4 Å². The maximum atomic E-state index is 13.5. The van der Waals surface area contributed by atoms with Crippen molar-refractivity contribution in [2.45, 2.75) is 18.9 Å². The van der Waals surface area contributed by atoms with Gasteiger partial charge in [0.05, 0.1) is 12.8 Å². The lowest BCUT2D eigenvalue weighted by Crippen LogP contribution is -2.36. The molecule has 0 bridgehead atoms. The molecule has 2 aromatic carbocycles. The third-order valence-electron chi connectivity index (χ3n) is 5.12. The van der Waals surface area contributed by atoms with Gasteiger partial charge in [-0.3, -0.25) is 10.1 Å². The van der Waals surface area contributed by atoms with Crippen LogP contribution in [0.5, 0.6) is 5.75 Å². The summed E-state index contributed by atoms with van der Waals surface area (Å²) in [6, 6.07) is 14.8. The molecule has 0 spiro atoms. The maximum absolute atomic E-state index is 13.5. The molecule has 4 rings (SSSR count). The molecule has 0 aliphatic heterocycles. The van der Waals surface area contributed by atoms with Crippen molar-refractivity contribution in [1.29, 1.82) is 0 Å². The summed E-state index contributed by atoms with van der Waals surface area (Å²) in [6.07, 6.45) is 0.117. The van der Waals surface area contributed by atoms with E-state index in [1.165, 1.54) is 48.6 Å². The van der Waals surface area contributed by atoms with Gasteiger partial charge in [0.1, 0.15) is 23.1 Å². The summed E-state index contributed by atoms with van der Waals surface area (Å²) in [7, 11) is 1.41. The highest BCUT2D eigenvalue weighted by atomic mass is 19.1. The average Bonchev–Trinajstić information content (AvgIpc) is 3.16. The predicted octanol–water partition coefficient (Wildman–Crippen LogP) is 3.96. The monoisotopic (exact) mass is 436 g/mol. The van der Waals surface area contributed by atoms with Gasteiger partial charge in [0, 0.05) is 23.9 Å². The van der Waals surface area contributed by atoms with Gasteiger partial charge in [-0.05, 0) is 42.2 Å². The van der Waals surface area contributed by atoms with Crippen LogP contribution in [-0.4, -0.2) is 35.2 Å². The number of nitrogens with one attached hydrogen (secondary N) is 3. The Hall–Kier alpha value is -4.14. The zero-order valence-corrected chi connectivity index (χ0v) is 17.2. The molecule has 3 aromatic rings. The fourth-order valence-electron chi connectivity index (χ4n) is 3.74. The topological polar surface area (TPSA) is 113 Å². The molecule has 1 aliphatic rings. The number of fused-ring (bicyclic) bond motifs is 1. The first-order chi connectivity index (χ1) is 15.4. The van der Waals surface area contributed by atoms with Crippen LogP contribution in [0.15, 0.2) is 54.6 Å². The summed E-state index contributed by atoms with van der Waals surface area (Å²) in [6.45, 7) is 0. The van der Waals surface area contributed by atoms with Gasteiger partial charge in [-0.15, -0.1) is 0 Å². The van der Waals surface area contributed by atoms with Crippen molar-refractivity contribution in [2.75, 3.05) is 17.7 Å². The fourth-order valence-corrected chi connectivity index (χ4v) is 3.74. The number of benzene rings is 2. The van der Waals surface area contributed by atoms with E-state index < -0.39 is 17.8 Å². The Balaban J connectivity index is 1.57. The number of methoxy groups -OCH3 is 1. The maximum Gasteiger partial charge on any atom is 0.410 e. The van der Waals surface area contributed by atoms with E-state index in [9.17, 15) is 14.0 Å². The van der Waals surface area contributed by atoms with Crippen LogP contribution in [-0.2, 0) is 12.8 Å². The molecular formula is C23H21FN4O4. The van der Waals surface area contributed by atoms with Crippen LogP contribution >= 0.6 is 0 Å². The zero-order chi connectivity index (χ0) is 22.7. The number of anilines is 3. The van der Waals surface area contributed by atoms with Crippen molar-refractivity contribution in [3.8, 4) is 5.75 Å². The second-order valence-corrected chi connectivity index (χ2v) is 7.37. The van der Waals surface area contributed by atoms with E-state index in [0.29, 0.717) is 24.2 Å². The Kier molecular flexibility index (Phi) is 5.89. The van der Waals surface area contributed by atoms with E-state index in [-0.39, 0.29) is 23.3 Å². The van der Waals surface area contributed by atoms with Gasteiger partial charge in [0.15, 0.2) is 0 Å². The standard InChI is InChI=1S/C23H21FN4O4/c1-32-20-10-15(24)6-7-18(20)25-17-11-19(27-21(12-17)28-23(30)31)22(29)26-16-8-13-4-2-3-5-14(13)9-16/h2-7,10-12,16H,8-9H2,1H3,(H,26,29)(H,30,31)(H2,25,27,28). The van der Waals surface area contributed by atoms with Crippen LogP contribution in [0, 0.1) is 5.82 Å². The Morgan fingerprint density at radius 2 is 1.81 bits per heavy atom. The summed E-state index contributed by atoms with van der Waals surface area (Å²) >= 11 is 0. The lowest BCUT2D eigenvalue weighted by molar-refractivity contribution is 0.0933. The second-order valence-electron chi connectivity index (χ2n) is 7.37. The number of carboxylic acid groups (broad SMARTS) is 1. The van der Waals surface area contributed by atoms with E-state index in [4.69, 9.17) is 9.84 Å². The van der Waals surface area contributed by atoms with Gasteiger partial charge in [-0.1, -0.05) is 24.3 Å². The van der Waals surface area contributed by atoms with Crippen molar-refractivity contribution in [3.63, 3.8) is 0 Å². The molecule has 1 heterocycles. The van der Waals surface area contributed by atoms with Crippen molar-refractivity contribution in [3.05, 3.63) is 77.2 Å². The number of nitrogens with zero attached hydrogens (tertiary/aromatic N) is 1. The van der Waals surface area contributed by atoms with Crippen LogP contribution in [0.1, 0.15) is 21.6 Å². The summed E-state index contributed by atoms with van der Waals surface area (Å²) in [5.41, 5.74) is 3.25. The van der Waals surface area contributed by atoms with Crippen LogP contribution < -0.4 is 20.7 Å². The van der Waals surface area contributed by atoms with Crippen molar-refractivity contribution < 1.29 is 23.8 Å². The molecule has 0 saturated heterocycles. The molecule has 8 nitrogen and oxygen atoms in total. The Labute approximate surface area is 183 Å². The van der Waals surface area contributed by atoms with Gasteiger partial charge >= 0.3 is 6.09 Å². The number of halogens is 1. The quantitative estimate of drug-likeness (QED) is 0.465. The molecule has 1 aliphatic carbocycles. The normalized spacial score (nSPS) is 12.7. The van der Waals surface area contributed by atoms with Crippen molar-refractivity contribution in [1.82, 2.24) is 10.3 Å². The molecule has 0 saturated carbocycles. The molecule has 0 fully saturated rings. The van der Waals surface area contributed by atoms with Crippen molar-refractivity contribution >= 4 is 29.2 Å². The number of carbonyl (C=O) groups excluding carboxylic acids is 1. The van der Waals surface area contributed by atoms with E-state index in [0.717, 1.165) is 0 Å². The van der Waals surface area contributed by atoms with Crippen LogP contribution in [0.3, 0.4) is 0 Å². The van der Waals surface area contributed by atoms with E-state index >= 15 is 0 Å². The zero-order valence-electron chi connectivity index (χ0n) is 17.2. The highest BCUT2D eigenvalue weighted by Gasteiger charge is 2.24. The molecule has 9 heteroatoms. The van der Waals surface area contributed by atoms with Gasteiger partial charge in [0.2, 0.25) is 0 Å². The molecule has 32 heavy (non-hydrogen) atoms. The lowest BCUT2D eigenvalue weighted by atomic mass is 10.1. The summed E-state index contributed by atoms with van der Waals surface area (Å²) in [4.78, 5) is 28.2. The molecule has 1 aromatic heterocycles. The number of carbonyl (C=O) groups is 2. The van der Waals surface area contributed by atoms with Gasteiger partial charge in [-0.2, -0.15) is 0 Å². The molecule has 164 valence electrons. The first-order valence-electron chi connectivity index (χ1n) is 9.91. The lowest BCUT2D eigenvalue weighted by Gasteiger charge is -2.15. The summed E-state index contributed by atoms with van der Waals surface area (Å²) in [5, 5.41) is 17.2. The Morgan fingerprint density at radius 3 is 2.47 bits per heavy atom. The number of amides is 2. The third kappa shape index (κ3) is 4.77. The first-order valence-corrected chi connectivity index (χ1v) is 9.91. The van der Waals surface area contributed by atoms with Gasteiger partial charge in [-0.25, -0.2) is 14.2 Å². The largest absolute Gasteiger partial charge is 0.494 e. The van der Waals surface area contributed by atoms with Gasteiger partial charge < -0.3 is 20.5 Å². The first kappa shape index (κ1) is 21.1.